The number of carboxylic acids is 1. The summed E-state index contributed by atoms with van der Waals surface area (Å²) in [7, 11) is 0. The molecule has 0 radical (unpaired) electrons. The van der Waals surface area contributed by atoms with Crippen LogP contribution in [0.2, 0.25) is 0 Å². The van der Waals surface area contributed by atoms with E-state index >= 15 is 0 Å². The Labute approximate surface area is 138 Å². The Morgan fingerprint density at radius 2 is 2.00 bits per heavy atom. The average Bonchev–Trinajstić information content (AvgIpc) is 3.04. The van der Waals surface area contributed by atoms with E-state index in [-0.39, 0.29) is 24.1 Å². The van der Waals surface area contributed by atoms with Gasteiger partial charge in [0.05, 0.1) is 12.2 Å². The number of epoxide rings is 1. The number of hydrogen-bond acceptors (Lipinski definition) is 6. The maximum absolute atomic E-state index is 11.8. The standard InChI is InChI=1S/C16H21NO7/c1-2-13-16(24-13,15(19)20)10-6-4-3-5-7-11(18)12-8-9-14(23-12)17(21)22/h8-9,13H,2-7,10H2,1H3,(H,19,20). The van der Waals surface area contributed by atoms with Crippen LogP contribution in [0.1, 0.15) is 62.4 Å². The van der Waals surface area contributed by atoms with E-state index in [2.05, 4.69) is 0 Å². The monoisotopic (exact) mass is 339 g/mol. The van der Waals surface area contributed by atoms with Gasteiger partial charge in [0.25, 0.3) is 0 Å². The van der Waals surface area contributed by atoms with Crippen LogP contribution in [0.4, 0.5) is 5.88 Å². The van der Waals surface area contributed by atoms with Gasteiger partial charge in [-0.15, -0.1) is 0 Å². The Morgan fingerprint density at radius 3 is 2.54 bits per heavy atom. The lowest BCUT2D eigenvalue weighted by atomic mass is 9.95. The minimum atomic E-state index is -1.00. The van der Waals surface area contributed by atoms with Crippen LogP contribution in [0.25, 0.3) is 0 Å². The molecule has 2 heterocycles. The Balaban J connectivity index is 1.63. The molecular weight excluding hydrogens is 318 g/mol. The highest BCUT2D eigenvalue weighted by molar-refractivity contribution is 5.93. The number of ketones is 1. The summed E-state index contributed by atoms with van der Waals surface area (Å²) < 4.78 is 10.2. The van der Waals surface area contributed by atoms with Gasteiger partial charge < -0.3 is 14.3 Å². The SMILES string of the molecule is CCC1OC1(CCCCCCC(=O)c1ccc([N+](=O)[O-])o1)C(=O)O. The predicted octanol–water partition coefficient (Wildman–Crippen LogP) is 3.34. The molecule has 1 aliphatic rings. The second-order valence-electron chi connectivity index (χ2n) is 5.94. The zero-order valence-corrected chi connectivity index (χ0v) is 13.5. The summed E-state index contributed by atoms with van der Waals surface area (Å²) in [5, 5.41) is 19.7. The molecule has 1 saturated heterocycles. The third-order valence-electron chi connectivity index (χ3n) is 4.30. The van der Waals surface area contributed by atoms with Crippen molar-refractivity contribution in [2.24, 2.45) is 0 Å². The van der Waals surface area contributed by atoms with E-state index in [0.29, 0.717) is 19.3 Å². The van der Waals surface area contributed by atoms with Crippen molar-refractivity contribution in [2.45, 2.75) is 63.6 Å². The number of unbranched alkanes of at least 4 members (excludes halogenated alkanes) is 3. The minimum absolute atomic E-state index is 0.00342. The Kier molecular flexibility index (Phi) is 5.71. The Hall–Kier alpha value is -2.22. The maximum atomic E-state index is 11.8. The van der Waals surface area contributed by atoms with E-state index in [9.17, 15) is 24.8 Å². The smallest absolute Gasteiger partial charge is 0.433 e. The lowest BCUT2D eigenvalue weighted by Crippen LogP contribution is -2.26. The number of Topliss-reactive ketones (excluding diaryl/α,β-unsaturated/α-hetero) is 1. The molecule has 1 aromatic heterocycles. The molecule has 0 saturated carbocycles. The van der Waals surface area contributed by atoms with E-state index in [1.54, 1.807) is 0 Å². The number of nitrogens with zero attached hydrogens (tertiary/aromatic N) is 1. The summed E-state index contributed by atoms with van der Waals surface area (Å²) >= 11 is 0. The van der Waals surface area contributed by atoms with Crippen molar-refractivity contribution in [3.05, 3.63) is 28.0 Å². The molecule has 0 aromatic carbocycles. The highest BCUT2D eigenvalue weighted by atomic mass is 16.6. The van der Waals surface area contributed by atoms with Gasteiger partial charge in [-0.1, -0.05) is 19.8 Å². The lowest BCUT2D eigenvalue weighted by molar-refractivity contribution is -0.402. The molecule has 132 valence electrons. The predicted molar refractivity (Wildman–Crippen MR) is 82.9 cm³/mol. The van der Waals surface area contributed by atoms with Crippen molar-refractivity contribution in [1.82, 2.24) is 0 Å². The fraction of sp³-hybridized carbons (Fsp3) is 0.625. The zero-order valence-electron chi connectivity index (χ0n) is 13.5. The number of carbonyl (C=O) groups is 2. The number of hydrogen-bond donors (Lipinski definition) is 1. The van der Waals surface area contributed by atoms with Gasteiger partial charge in [0, 0.05) is 6.42 Å². The van der Waals surface area contributed by atoms with Gasteiger partial charge in [0.2, 0.25) is 0 Å². The molecular formula is C16H21NO7. The molecule has 2 unspecified atom stereocenters. The third kappa shape index (κ3) is 4.00. The van der Waals surface area contributed by atoms with E-state index < -0.39 is 22.4 Å². The Morgan fingerprint density at radius 1 is 1.29 bits per heavy atom. The number of furan rings is 1. The second kappa shape index (κ2) is 7.57. The fourth-order valence-corrected chi connectivity index (χ4v) is 2.87. The van der Waals surface area contributed by atoms with Gasteiger partial charge in [-0.2, -0.15) is 0 Å². The van der Waals surface area contributed by atoms with Crippen LogP contribution in [0.5, 0.6) is 0 Å². The molecule has 0 bridgehead atoms. The summed E-state index contributed by atoms with van der Waals surface area (Å²) in [4.78, 5) is 32.9. The number of aliphatic carboxylic acids is 1. The first-order chi connectivity index (χ1) is 11.4. The fourth-order valence-electron chi connectivity index (χ4n) is 2.87. The summed E-state index contributed by atoms with van der Waals surface area (Å²) in [6.45, 7) is 1.90. The van der Waals surface area contributed by atoms with Crippen molar-refractivity contribution in [3.63, 3.8) is 0 Å². The lowest BCUT2D eigenvalue weighted by Gasteiger charge is -2.07. The van der Waals surface area contributed by atoms with Crippen molar-refractivity contribution < 1.29 is 28.8 Å². The van der Waals surface area contributed by atoms with Crippen LogP contribution in [0, 0.1) is 10.1 Å². The van der Waals surface area contributed by atoms with Gasteiger partial charge in [-0.05, 0) is 31.7 Å². The van der Waals surface area contributed by atoms with Gasteiger partial charge in [0.1, 0.15) is 4.92 Å². The van der Waals surface area contributed by atoms with Gasteiger partial charge in [0.15, 0.2) is 17.1 Å². The quantitative estimate of drug-likeness (QED) is 0.215. The van der Waals surface area contributed by atoms with Crippen molar-refractivity contribution in [3.8, 4) is 0 Å². The molecule has 8 heteroatoms. The molecule has 24 heavy (non-hydrogen) atoms. The summed E-state index contributed by atoms with van der Waals surface area (Å²) in [6.07, 6.45) is 4.18. The molecule has 0 amide bonds. The second-order valence-corrected chi connectivity index (χ2v) is 5.94. The number of carbonyl (C=O) groups excluding carboxylic acids is 1. The van der Waals surface area contributed by atoms with Crippen LogP contribution < -0.4 is 0 Å². The zero-order chi connectivity index (χ0) is 17.7. The first-order valence-corrected chi connectivity index (χ1v) is 8.09. The third-order valence-corrected chi connectivity index (χ3v) is 4.30. The molecule has 0 aliphatic carbocycles. The number of rotatable bonds is 11. The molecule has 1 N–H and O–H groups in total. The van der Waals surface area contributed by atoms with E-state index in [0.717, 1.165) is 19.3 Å². The van der Waals surface area contributed by atoms with Crippen molar-refractivity contribution >= 4 is 17.6 Å². The summed E-state index contributed by atoms with van der Waals surface area (Å²) in [6, 6.07) is 2.48. The van der Waals surface area contributed by atoms with Crippen LogP contribution in [-0.2, 0) is 9.53 Å². The van der Waals surface area contributed by atoms with Gasteiger partial charge >= 0.3 is 11.9 Å². The van der Waals surface area contributed by atoms with E-state index in [4.69, 9.17) is 9.15 Å². The number of ether oxygens (including phenoxy) is 1. The largest absolute Gasteiger partial charge is 0.479 e. The van der Waals surface area contributed by atoms with E-state index in [1.165, 1.54) is 12.1 Å². The first kappa shape index (κ1) is 18.1. The Bertz CT molecular complexity index is 624. The molecule has 8 nitrogen and oxygen atoms in total. The molecule has 2 rings (SSSR count). The first-order valence-electron chi connectivity index (χ1n) is 8.09. The molecule has 0 spiro atoms. The molecule has 1 aliphatic heterocycles. The normalized spacial score (nSPS) is 22.3. The maximum Gasteiger partial charge on any atom is 0.433 e. The van der Waals surface area contributed by atoms with Crippen LogP contribution >= 0.6 is 0 Å². The highest BCUT2D eigenvalue weighted by Gasteiger charge is 2.61. The summed E-state index contributed by atoms with van der Waals surface area (Å²) in [5.41, 5.74) is -1.00. The molecule has 1 aromatic rings. The number of nitro groups is 1. The molecule has 2 atom stereocenters. The van der Waals surface area contributed by atoms with Crippen LogP contribution in [0.15, 0.2) is 16.5 Å². The van der Waals surface area contributed by atoms with Gasteiger partial charge in [-0.3, -0.25) is 14.9 Å². The minimum Gasteiger partial charge on any atom is -0.479 e. The van der Waals surface area contributed by atoms with Crippen LogP contribution in [0.3, 0.4) is 0 Å². The van der Waals surface area contributed by atoms with Crippen molar-refractivity contribution in [2.75, 3.05) is 0 Å². The highest BCUT2D eigenvalue weighted by Crippen LogP contribution is 2.43. The number of carboxylic acid groups (broad SMARTS) is 1. The van der Waals surface area contributed by atoms with E-state index in [1.807, 2.05) is 6.92 Å². The average molecular weight is 339 g/mol. The van der Waals surface area contributed by atoms with Gasteiger partial charge in [-0.25, -0.2) is 4.79 Å². The summed E-state index contributed by atoms with van der Waals surface area (Å²) in [5.74, 6) is -1.60. The van der Waals surface area contributed by atoms with Crippen molar-refractivity contribution in [1.29, 1.82) is 0 Å². The topological polar surface area (TPSA) is 123 Å². The van der Waals surface area contributed by atoms with Crippen LogP contribution in [-0.4, -0.2) is 33.5 Å². The molecule has 1 fully saturated rings.